The van der Waals surface area contributed by atoms with Crippen molar-refractivity contribution in [2.45, 2.75) is 45.2 Å². The molecule has 0 aliphatic carbocycles. The Morgan fingerprint density at radius 3 is 2.63 bits per heavy atom. The maximum absolute atomic E-state index is 13.7. The van der Waals surface area contributed by atoms with Crippen molar-refractivity contribution in [1.29, 1.82) is 0 Å². The van der Waals surface area contributed by atoms with E-state index >= 15 is 0 Å². The summed E-state index contributed by atoms with van der Waals surface area (Å²) >= 11 is 0. The van der Waals surface area contributed by atoms with Gasteiger partial charge in [0.2, 0.25) is 0 Å². The largest absolute Gasteiger partial charge is 0.505 e. The third-order valence-corrected chi connectivity index (χ3v) is 7.60. The van der Waals surface area contributed by atoms with Crippen LogP contribution in [0.3, 0.4) is 0 Å². The number of benzene rings is 1. The molecule has 0 saturated carbocycles. The lowest BCUT2D eigenvalue weighted by Gasteiger charge is -2.61. The van der Waals surface area contributed by atoms with Crippen LogP contribution in [-0.4, -0.2) is 59.8 Å². The highest BCUT2D eigenvalue weighted by Gasteiger charge is 2.55. The average molecular weight is 485 g/mol. The molecule has 2 unspecified atom stereocenters. The van der Waals surface area contributed by atoms with Crippen LogP contribution in [0.4, 0.5) is 14.9 Å². The van der Waals surface area contributed by atoms with E-state index in [0.29, 0.717) is 19.6 Å². The Hall–Kier alpha value is -3.36. The fraction of sp³-hybridized carbons (Fsp3) is 0.500. The van der Waals surface area contributed by atoms with E-state index in [1.165, 1.54) is 19.2 Å². The first-order valence-electron chi connectivity index (χ1n) is 12.1. The lowest BCUT2D eigenvalue weighted by Crippen LogP contribution is -2.64. The first-order valence-corrected chi connectivity index (χ1v) is 12.1. The van der Waals surface area contributed by atoms with Gasteiger partial charge in [-0.25, -0.2) is 14.0 Å². The van der Waals surface area contributed by atoms with Crippen LogP contribution in [-0.2, 0) is 9.53 Å². The number of nitrogens with one attached hydrogen (secondary N) is 1. The maximum atomic E-state index is 13.7. The summed E-state index contributed by atoms with van der Waals surface area (Å²) in [7, 11) is 1.33. The van der Waals surface area contributed by atoms with Gasteiger partial charge in [0.25, 0.3) is 0 Å². The van der Waals surface area contributed by atoms with Crippen molar-refractivity contribution >= 4 is 17.7 Å². The van der Waals surface area contributed by atoms with E-state index < -0.39 is 17.8 Å². The van der Waals surface area contributed by atoms with E-state index in [2.05, 4.69) is 15.2 Å². The molecule has 0 bridgehead atoms. The van der Waals surface area contributed by atoms with Gasteiger partial charge in [-0.2, -0.15) is 0 Å². The van der Waals surface area contributed by atoms with Crippen molar-refractivity contribution in [1.82, 2.24) is 15.2 Å². The van der Waals surface area contributed by atoms with Gasteiger partial charge >= 0.3 is 12.0 Å². The minimum absolute atomic E-state index is 0.0385. The number of aromatic hydroxyl groups is 1. The monoisotopic (exact) mass is 484 g/mol. The number of esters is 1. The van der Waals surface area contributed by atoms with Crippen molar-refractivity contribution in [2.24, 2.45) is 11.3 Å². The Morgan fingerprint density at radius 1 is 1.29 bits per heavy atom. The predicted octanol–water partition coefficient (Wildman–Crippen LogP) is 3.87. The molecule has 1 aromatic heterocycles. The molecule has 0 radical (unpaired) electrons. The van der Waals surface area contributed by atoms with Gasteiger partial charge in [-0.15, -0.1) is 0 Å². The third kappa shape index (κ3) is 4.76. The summed E-state index contributed by atoms with van der Waals surface area (Å²) < 4.78 is 18.5. The molecule has 188 valence electrons. The number of piperidine rings is 1. The van der Waals surface area contributed by atoms with Gasteiger partial charge in [0, 0.05) is 43.0 Å². The SMILES string of the molecule is CCC(C)[C@H](NC(=O)N1CCC2(CC1)CN(c1ccc(F)c(O)c1)C2c1ccccn1)C(=O)OC. The number of urea groups is 1. The number of amides is 2. The summed E-state index contributed by atoms with van der Waals surface area (Å²) in [5.74, 6) is -1.51. The molecular weight excluding hydrogens is 451 g/mol. The highest BCUT2D eigenvalue weighted by atomic mass is 19.1. The molecule has 3 heterocycles. The van der Waals surface area contributed by atoms with Crippen LogP contribution in [0.15, 0.2) is 42.6 Å². The van der Waals surface area contributed by atoms with Crippen molar-refractivity contribution < 1.29 is 23.8 Å². The quantitative estimate of drug-likeness (QED) is 0.605. The molecule has 3 atom stereocenters. The van der Waals surface area contributed by atoms with E-state index in [1.807, 2.05) is 32.0 Å². The van der Waals surface area contributed by atoms with Crippen LogP contribution < -0.4 is 10.2 Å². The minimum atomic E-state index is -0.681. The van der Waals surface area contributed by atoms with Crippen molar-refractivity contribution in [3.05, 3.63) is 54.1 Å². The number of carbonyl (C=O) groups is 2. The summed E-state index contributed by atoms with van der Waals surface area (Å²) in [5.41, 5.74) is 1.54. The first-order chi connectivity index (χ1) is 16.8. The Balaban J connectivity index is 1.49. The number of likely N-dealkylation sites (tertiary alicyclic amines) is 1. The van der Waals surface area contributed by atoms with Crippen LogP contribution in [0.25, 0.3) is 0 Å². The molecule has 8 nitrogen and oxygen atoms in total. The Morgan fingerprint density at radius 2 is 2.03 bits per heavy atom. The molecule has 2 N–H and O–H groups in total. The number of hydrogen-bond donors (Lipinski definition) is 2. The zero-order valence-electron chi connectivity index (χ0n) is 20.4. The number of nitrogens with zero attached hydrogens (tertiary/aromatic N) is 3. The minimum Gasteiger partial charge on any atom is -0.505 e. The normalized spacial score (nSPS) is 20.6. The van der Waals surface area contributed by atoms with Crippen LogP contribution in [0, 0.1) is 17.2 Å². The Bertz CT molecular complexity index is 1060. The second-order valence-electron chi connectivity index (χ2n) is 9.61. The van der Waals surface area contributed by atoms with Gasteiger partial charge in [-0.3, -0.25) is 4.98 Å². The van der Waals surface area contributed by atoms with Crippen molar-refractivity contribution in [2.75, 3.05) is 31.6 Å². The third-order valence-electron chi connectivity index (χ3n) is 7.60. The van der Waals surface area contributed by atoms with E-state index in [9.17, 15) is 19.1 Å². The lowest BCUT2D eigenvalue weighted by molar-refractivity contribution is -0.144. The maximum Gasteiger partial charge on any atom is 0.328 e. The summed E-state index contributed by atoms with van der Waals surface area (Å²) in [6.07, 6.45) is 4.02. The fourth-order valence-electron chi connectivity index (χ4n) is 5.27. The van der Waals surface area contributed by atoms with Crippen molar-refractivity contribution in [3.63, 3.8) is 0 Å². The van der Waals surface area contributed by atoms with Crippen LogP contribution in [0.1, 0.15) is 44.8 Å². The van der Waals surface area contributed by atoms with Gasteiger partial charge in [0.05, 0.1) is 18.8 Å². The second kappa shape index (κ2) is 10.1. The number of halogens is 1. The van der Waals surface area contributed by atoms with Gasteiger partial charge in [0.15, 0.2) is 11.6 Å². The lowest BCUT2D eigenvalue weighted by atomic mass is 9.64. The molecule has 2 saturated heterocycles. The molecule has 2 aliphatic rings. The smallest absolute Gasteiger partial charge is 0.328 e. The van der Waals surface area contributed by atoms with E-state index in [1.54, 1.807) is 17.2 Å². The second-order valence-corrected chi connectivity index (χ2v) is 9.61. The van der Waals surface area contributed by atoms with Crippen molar-refractivity contribution in [3.8, 4) is 5.75 Å². The molecule has 2 fully saturated rings. The van der Waals surface area contributed by atoms with Gasteiger partial charge < -0.3 is 25.0 Å². The zero-order valence-corrected chi connectivity index (χ0v) is 20.4. The molecule has 1 aromatic carbocycles. The van der Waals surface area contributed by atoms with Gasteiger partial charge in [0.1, 0.15) is 6.04 Å². The standard InChI is InChI=1S/C26H33FN4O4/c1-4-17(2)22(24(33)35-3)29-25(34)30-13-10-26(11-14-30)16-31(18-8-9-19(27)21(32)15-18)23(26)20-7-5-6-12-28-20/h5-9,12,15,17,22-23,32H,4,10-11,13-14,16H2,1-3H3,(H,29,34)/t17?,22-,23?/m0/s1. The highest BCUT2D eigenvalue weighted by Crippen LogP contribution is 2.56. The van der Waals surface area contributed by atoms with Crippen LogP contribution in [0.2, 0.25) is 0 Å². The van der Waals surface area contributed by atoms with E-state index in [0.717, 1.165) is 30.6 Å². The molecule has 2 amide bonds. The summed E-state index contributed by atoms with van der Waals surface area (Å²) in [5, 5.41) is 12.8. The van der Waals surface area contributed by atoms with Crippen LogP contribution in [0.5, 0.6) is 5.75 Å². The van der Waals surface area contributed by atoms with Crippen LogP contribution >= 0.6 is 0 Å². The highest BCUT2D eigenvalue weighted by molar-refractivity contribution is 5.84. The number of phenols is 1. The number of pyridine rings is 1. The molecule has 2 aromatic rings. The summed E-state index contributed by atoms with van der Waals surface area (Å²) in [6, 6.07) is 9.18. The zero-order chi connectivity index (χ0) is 25.2. The molecule has 1 spiro atoms. The topological polar surface area (TPSA) is 95.0 Å². The number of aromatic nitrogens is 1. The number of methoxy groups -OCH3 is 1. The number of phenolic OH excluding ortho intramolecular Hbond substituents is 1. The fourth-order valence-corrected chi connectivity index (χ4v) is 5.27. The number of anilines is 1. The summed E-state index contributed by atoms with van der Waals surface area (Å²) in [6.45, 7) is 5.70. The molecule has 35 heavy (non-hydrogen) atoms. The Labute approximate surface area is 205 Å². The first kappa shape index (κ1) is 24.8. The van der Waals surface area contributed by atoms with Gasteiger partial charge in [-0.05, 0) is 43.0 Å². The summed E-state index contributed by atoms with van der Waals surface area (Å²) in [4.78, 5) is 33.7. The molecule has 2 aliphatic heterocycles. The number of rotatable bonds is 6. The number of ether oxygens (including phenoxy) is 1. The van der Waals surface area contributed by atoms with E-state index in [4.69, 9.17) is 4.74 Å². The predicted molar refractivity (Wildman–Crippen MR) is 129 cm³/mol. The number of hydrogen-bond acceptors (Lipinski definition) is 6. The molecule has 9 heteroatoms. The average Bonchev–Trinajstić information content (AvgIpc) is 2.87. The number of carbonyl (C=O) groups excluding carboxylic acids is 2. The van der Waals surface area contributed by atoms with E-state index in [-0.39, 0.29) is 29.2 Å². The van der Waals surface area contributed by atoms with Gasteiger partial charge in [-0.1, -0.05) is 26.3 Å². The Kier molecular flexibility index (Phi) is 7.14. The molecular formula is C26H33FN4O4. The molecule has 4 rings (SSSR count).